The average molecular weight is 195 g/mol. The Morgan fingerprint density at radius 3 is 2.57 bits per heavy atom. The van der Waals surface area contributed by atoms with E-state index >= 15 is 0 Å². The molecular formula is C7H9N5O2. The van der Waals surface area contributed by atoms with Gasteiger partial charge in [-0.1, -0.05) is 10.3 Å². The van der Waals surface area contributed by atoms with Crippen molar-refractivity contribution in [3.63, 3.8) is 0 Å². The number of aryl methyl sites for hydroxylation is 2. The van der Waals surface area contributed by atoms with Crippen molar-refractivity contribution in [2.75, 3.05) is 5.32 Å². The monoisotopic (exact) mass is 195 g/mol. The van der Waals surface area contributed by atoms with Gasteiger partial charge in [0.1, 0.15) is 0 Å². The van der Waals surface area contributed by atoms with Crippen molar-refractivity contribution in [1.29, 1.82) is 0 Å². The number of aromatic nitrogens is 4. The minimum Gasteiger partial charge on any atom is -0.340 e. The van der Waals surface area contributed by atoms with Crippen molar-refractivity contribution in [1.82, 2.24) is 20.3 Å². The first-order valence-corrected chi connectivity index (χ1v) is 4.07. The lowest BCUT2D eigenvalue weighted by molar-refractivity contribution is 0.387. The second kappa shape index (κ2) is 3.44. The molecule has 0 radical (unpaired) electrons. The molecule has 0 bridgehead atoms. The zero-order valence-corrected chi connectivity index (χ0v) is 7.81. The molecule has 7 nitrogen and oxygen atoms in total. The van der Waals surface area contributed by atoms with Gasteiger partial charge in [-0.2, -0.15) is 9.97 Å². The summed E-state index contributed by atoms with van der Waals surface area (Å²) in [6.07, 6.45) is 0. The molecule has 0 saturated heterocycles. The minimum absolute atomic E-state index is 0.352. The molecule has 2 aromatic heterocycles. The van der Waals surface area contributed by atoms with Crippen molar-refractivity contribution in [2.24, 2.45) is 0 Å². The topological polar surface area (TPSA) is 89.9 Å². The van der Waals surface area contributed by atoms with Crippen molar-refractivity contribution >= 4 is 6.01 Å². The Morgan fingerprint density at radius 1 is 1.14 bits per heavy atom. The lowest BCUT2D eigenvalue weighted by Crippen LogP contribution is -2.01. The summed E-state index contributed by atoms with van der Waals surface area (Å²) >= 11 is 0. The normalized spacial score (nSPS) is 10.4. The Kier molecular flexibility index (Phi) is 2.13. The summed E-state index contributed by atoms with van der Waals surface area (Å²) in [6, 6.07) is 0.352. The fourth-order valence-electron chi connectivity index (χ4n) is 0.937. The second-order valence-corrected chi connectivity index (χ2v) is 2.73. The van der Waals surface area contributed by atoms with E-state index in [2.05, 4.69) is 25.6 Å². The molecule has 14 heavy (non-hydrogen) atoms. The summed E-state index contributed by atoms with van der Waals surface area (Å²) < 4.78 is 9.62. The van der Waals surface area contributed by atoms with Crippen LogP contribution in [0.1, 0.15) is 17.5 Å². The molecule has 0 aliphatic carbocycles. The van der Waals surface area contributed by atoms with E-state index in [4.69, 9.17) is 9.05 Å². The standard InChI is InChI=1S/C7H9N5O2/c1-4-9-7(14-11-4)8-3-6-10-5(2)13-12-6/h3H2,1-2H3,(H,8,9,11). The van der Waals surface area contributed by atoms with Crippen LogP contribution in [0.2, 0.25) is 0 Å². The van der Waals surface area contributed by atoms with Gasteiger partial charge >= 0.3 is 6.01 Å². The van der Waals surface area contributed by atoms with Crippen LogP contribution in [-0.4, -0.2) is 20.3 Å². The highest BCUT2D eigenvalue weighted by Gasteiger charge is 2.05. The Balaban J connectivity index is 1.94. The van der Waals surface area contributed by atoms with Crippen LogP contribution in [-0.2, 0) is 6.54 Å². The van der Waals surface area contributed by atoms with Gasteiger partial charge in [0.25, 0.3) is 0 Å². The van der Waals surface area contributed by atoms with Crippen LogP contribution in [0.4, 0.5) is 6.01 Å². The van der Waals surface area contributed by atoms with E-state index in [0.29, 0.717) is 30.1 Å². The Hall–Kier alpha value is -1.92. The van der Waals surface area contributed by atoms with E-state index in [1.54, 1.807) is 13.8 Å². The number of hydrogen-bond donors (Lipinski definition) is 1. The molecule has 0 fully saturated rings. The lowest BCUT2D eigenvalue weighted by Gasteiger charge is -1.93. The Morgan fingerprint density at radius 2 is 2.00 bits per heavy atom. The van der Waals surface area contributed by atoms with Crippen LogP contribution in [0.25, 0.3) is 0 Å². The first-order chi connectivity index (χ1) is 6.74. The molecule has 0 aliphatic heterocycles. The summed E-state index contributed by atoms with van der Waals surface area (Å²) in [7, 11) is 0. The maximum absolute atomic E-state index is 4.83. The summed E-state index contributed by atoms with van der Waals surface area (Å²) in [5.41, 5.74) is 0. The van der Waals surface area contributed by atoms with Gasteiger partial charge in [-0.05, 0) is 6.92 Å². The molecule has 74 valence electrons. The van der Waals surface area contributed by atoms with Crippen molar-refractivity contribution in [3.05, 3.63) is 17.5 Å². The summed E-state index contributed by atoms with van der Waals surface area (Å²) in [6.45, 7) is 3.87. The third kappa shape index (κ3) is 1.87. The quantitative estimate of drug-likeness (QED) is 0.770. The molecule has 0 aliphatic rings. The summed E-state index contributed by atoms with van der Waals surface area (Å²) in [4.78, 5) is 7.96. The van der Waals surface area contributed by atoms with Gasteiger partial charge in [-0.25, -0.2) is 0 Å². The molecule has 7 heteroatoms. The zero-order valence-electron chi connectivity index (χ0n) is 7.81. The third-order valence-electron chi connectivity index (χ3n) is 1.49. The van der Waals surface area contributed by atoms with Crippen LogP contribution in [0.3, 0.4) is 0 Å². The third-order valence-corrected chi connectivity index (χ3v) is 1.49. The molecule has 1 N–H and O–H groups in total. The number of anilines is 1. The molecule has 0 amide bonds. The van der Waals surface area contributed by atoms with Gasteiger partial charge in [-0.15, -0.1) is 0 Å². The molecule has 0 saturated carbocycles. The zero-order chi connectivity index (χ0) is 9.97. The fraction of sp³-hybridized carbons (Fsp3) is 0.429. The molecule has 2 aromatic rings. The summed E-state index contributed by atoms with van der Waals surface area (Å²) in [5, 5.41) is 10.2. The molecule has 0 spiro atoms. The molecule has 0 aromatic carbocycles. The molecular weight excluding hydrogens is 186 g/mol. The van der Waals surface area contributed by atoms with E-state index in [-0.39, 0.29) is 0 Å². The van der Waals surface area contributed by atoms with Crippen LogP contribution in [0.5, 0.6) is 0 Å². The smallest absolute Gasteiger partial charge is 0.321 e. The van der Waals surface area contributed by atoms with E-state index in [9.17, 15) is 0 Å². The predicted molar refractivity (Wildman–Crippen MR) is 45.4 cm³/mol. The minimum atomic E-state index is 0.352. The highest BCUT2D eigenvalue weighted by molar-refractivity contribution is 5.18. The Labute approximate surface area is 79.5 Å². The molecule has 2 rings (SSSR count). The van der Waals surface area contributed by atoms with Crippen molar-refractivity contribution in [3.8, 4) is 0 Å². The predicted octanol–water partition coefficient (Wildman–Crippen LogP) is 0.682. The highest BCUT2D eigenvalue weighted by Crippen LogP contribution is 2.04. The van der Waals surface area contributed by atoms with Gasteiger partial charge in [0.05, 0.1) is 6.54 Å². The van der Waals surface area contributed by atoms with Crippen LogP contribution < -0.4 is 5.32 Å². The van der Waals surface area contributed by atoms with Crippen molar-refractivity contribution < 1.29 is 9.05 Å². The molecule has 2 heterocycles. The number of nitrogens with zero attached hydrogens (tertiary/aromatic N) is 4. The average Bonchev–Trinajstić information content (AvgIpc) is 2.72. The number of nitrogens with one attached hydrogen (secondary N) is 1. The van der Waals surface area contributed by atoms with Gasteiger partial charge in [-0.3, -0.25) is 0 Å². The first-order valence-electron chi connectivity index (χ1n) is 4.07. The highest BCUT2D eigenvalue weighted by atomic mass is 16.5. The molecule has 0 unspecified atom stereocenters. The molecule has 0 atom stereocenters. The summed E-state index contributed by atoms with van der Waals surface area (Å²) in [5.74, 6) is 1.67. The van der Waals surface area contributed by atoms with Gasteiger partial charge in [0, 0.05) is 6.92 Å². The van der Waals surface area contributed by atoms with E-state index in [0.717, 1.165) is 0 Å². The maximum Gasteiger partial charge on any atom is 0.321 e. The SMILES string of the molecule is Cc1noc(NCc2noc(C)n2)n1. The van der Waals surface area contributed by atoms with E-state index in [1.807, 2.05) is 0 Å². The van der Waals surface area contributed by atoms with Crippen LogP contribution >= 0.6 is 0 Å². The lowest BCUT2D eigenvalue weighted by atomic mass is 10.6. The first kappa shape index (κ1) is 8.67. The number of rotatable bonds is 3. The van der Waals surface area contributed by atoms with Crippen LogP contribution in [0, 0.1) is 13.8 Å². The second-order valence-electron chi connectivity index (χ2n) is 2.73. The van der Waals surface area contributed by atoms with Gasteiger partial charge in [0.2, 0.25) is 5.89 Å². The van der Waals surface area contributed by atoms with Gasteiger partial charge in [0.15, 0.2) is 11.6 Å². The van der Waals surface area contributed by atoms with Gasteiger partial charge < -0.3 is 14.4 Å². The largest absolute Gasteiger partial charge is 0.340 e. The number of hydrogen-bond acceptors (Lipinski definition) is 7. The van der Waals surface area contributed by atoms with E-state index in [1.165, 1.54) is 0 Å². The van der Waals surface area contributed by atoms with Crippen molar-refractivity contribution in [2.45, 2.75) is 20.4 Å². The van der Waals surface area contributed by atoms with Crippen LogP contribution in [0.15, 0.2) is 9.05 Å². The Bertz CT molecular complexity index is 381. The van der Waals surface area contributed by atoms with E-state index < -0.39 is 0 Å². The maximum atomic E-state index is 4.83. The fourth-order valence-corrected chi connectivity index (χ4v) is 0.937.